The van der Waals surface area contributed by atoms with Crippen molar-refractivity contribution < 1.29 is 18.0 Å². The maximum Gasteiger partial charge on any atom is 0.417 e. The van der Waals surface area contributed by atoms with Crippen LogP contribution in [0.5, 0.6) is 0 Å². The van der Waals surface area contributed by atoms with E-state index in [1.165, 1.54) is 6.07 Å². The highest BCUT2D eigenvalue weighted by Crippen LogP contribution is 2.42. The van der Waals surface area contributed by atoms with E-state index in [2.05, 4.69) is 15.4 Å². The number of nitrogens with zero attached hydrogens (tertiary/aromatic N) is 4. The first-order valence-electron chi connectivity index (χ1n) is 11.5. The number of nitrogens with one attached hydrogen (secondary N) is 1. The van der Waals surface area contributed by atoms with Crippen LogP contribution in [0.4, 0.5) is 19.0 Å². The molecule has 1 saturated heterocycles. The molecule has 3 heterocycles. The predicted octanol–water partition coefficient (Wildman–Crippen LogP) is 4.87. The van der Waals surface area contributed by atoms with Gasteiger partial charge in [0.2, 0.25) is 0 Å². The number of aromatic nitrogens is 3. The smallest absolute Gasteiger partial charge is 0.356 e. The van der Waals surface area contributed by atoms with Crippen LogP contribution in [0.3, 0.4) is 0 Å². The van der Waals surface area contributed by atoms with Crippen molar-refractivity contribution in [3.05, 3.63) is 71.2 Å². The molecule has 3 aromatic rings. The van der Waals surface area contributed by atoms with Gasteiger partial charge in [0.25, 0.3) is 5.91 Å². The van der Waals surface area contributed by atoms with E-state index in [1.807, 2.05) is 40.8 Å². The van der Waals surface area contributed by atoms with Gasteiger partial charge in [-0.2, -0.15) is 18.3 Å². The Hall–Kier alpha value is -3.36. The monoisotopic (exact) mass is 469 g/mol. The Balaban J connectivity index is 1.25. The van der Waals surface area contributed by atoms with Crippen molar-refractivity contribution in [2.45, 2.75) is 50.7 Å². The molecule has 178 valence electrons. The highest BCUT2D eigenvalue weighted by molar-refractivity contribution is 5.95. The zero-order chi connectivity index (χ0) is 23.9. The van der Waals surface area contributed by atoms with E-state index in [1.54, 1.807) is 6.20 Å². The average molecular weight is 470 g/mol. The van der Waals surface area contributed by atoms with Crippen LogP contribution in [0.15, 0.2) is 48.8 Å². The number of aryl methyl sites for hydroxylation is 1. The third-order valence-corrected chi connectivity index (χ3v) is 6.59. The number of amides is 1. The molecule has 0 unspecified atom stereocenters. The zero-order valence-corrected chi connectivity index (χ0v) is 18.8. The minimum atomic E-state index is -4.39. The molecule has 9 heteroatoms. The number of pyridine rings is 1. The number of hydrogen-bond acceptors (Lipinski definition) is 4. The third kappa shape index (κ3) is 4.51. The summed E-state index contributed by atoms with van der Waals surface area (Å²) in [4.78, 5) is 19.1. The lowest BCUT2D eigenvalue weighted by Crippen LogP contribution is -2.45. The van der Waals surface area contributed by atoms with Crippen molar-refractivity contribution in [3.63, 3.8) is 0 Å². The quantitative estimate of drug-likeness (QED) is 0.579. The molecule has 0 spiro atoms. The molecular formula is C25H26F3N5O. The molecule has 0 atom stereocenters. The van der Waals surface area contributed by atoms with E-state index in [4.69, 9.17) is 0 Å². The van der Waals surface area contributed by atoms with Gasteiger partial charge in [0.05, 0.1) is 28.7 Å². The normalized spacial score (nSPS) is 17.1. The minimum absolute atomic E-state index is 0.00735. The fourth-order valence-electron chi connectivity index (χ4n) is 4.53. The van der Waals surface area contributed by atoms with Crippen molar-refractivity contribution in [1.82, 2.24) is 20.1 Å². The number of benzene rings is 1. The van der Waals surface area contributed by atoms with Crippen LogP contribution >= 0.6 is 0 Å². The largest absolute Gasteiger partial charge is 0.417 e. The molecule has 2 fully saturated rings. The lowest BCUT2D eigenvalue weighted by Gasteiger charge is -2.33. The molecule has 6 nitrogen and oxygen atoms in total. The minimum Gasteiger partial charge on any atom is -0.356 e. The number of carbonyl (C=O) groups excluding carboxylic acids is 1. The first-order valence-corrected chi connectivity index (χ1v) is 11.5. The fourth-order valence-corrected chi connectivity index (χ4v) is 4.53. The molecule has 5 rings (SSSR count). The highest BCUT2D eigenvalue weighted by Gasteiger charge is 2.34. The van der Waals surface area contributed by atoms with Gasteiger partial charge in [0.1, 0.15) is 5.82 Å². The number of para-hydroxylation sites is 1. The van der Waals surface area contributed by atoms with Gasteiger partial charge in [-0.15, -0.1) is 0 Å². The molecule has 34 heavy (non-hydrogen) atoms. The summed E-state index contributed by atoms with van der Waals surface area (Å²) in [5, 5.41) is 7.71. The highest BCUT2D eigenvalue weighted by atomic mass is 19.4. The molecule has 1 aromatic carbocycles. The molecule has 2 aliphatic rings. The molecule has 1 amide bonds. The number of halogens is 3. The molecule has 2 aromatic heterocycles. The molecule has 1 N–H and O–H groups in total. The van der Waals surface area contributed by atoms with Crippen LogP contribution in [0.25, 0.3) is 5.69 Å². The maximum absolute atomic E-state index is 13.2. The molecule has 1 aliphatic carbocycles. The molecule has 1 aliphatic heterocycles. The van der Waals surface area contributed by atoms with Gasteiger partial charge in [-0.1, -0.05) is 18.2 Å². The van der Waals surface area contributed by atoms with Crippen LogP contribution in [-0.4, -0.2) is 39.8 Å². The third-order valence-electron chi connectivity index (χ3n) is 6.59. The van der Waals surface area contributed by atoms with Crippen molar-refractivity contribution in [3.8, 4) is 5.69 Å². The summed E-state index contributed by atoms with van der Waals surface area (Å²) in [5.74, 6) is 0.747. The number of piperidine rings is 1. The second-order valence-corrected chi connectivity index (χ2v) is 9.05. The fraction of sp³-hybridized carbons (Fsp3) is 0.400. The second-order valence-electron chi connectivity index (χ2n) is 9.05. The Labute approximate surface area is 195 Å². The number of anilines is 1. The summed E-state index contributed by atoms with van der Waals surface area (Å²) in [6, 6.07) is 10.5. The van der Waals surface area contributed by atoms with E-state index in [9.17, 15) is 18.0 Å². The zero-order valence-electron chi connectivity index (χ0n) is 18.8. The van der Waals surface area contributed by atoms with Crippen LogP contribution in [0.1, 0.15) is 58.8 Å². The van der Waals surface area contributed by atoms with E-state index < -0.39 is 11.7 Å². The number of hydrogen-bond donors (Lipinski definition) is 1. The summed E-state index contributed by atoms with van der Waals surface area (Å²) in [6.45, 7) is 3.26. The van der Waals surface area contributed by atoms with Gasteiger partial charge in [-0.25, -0.2) is 9.67 Å². The van der Waals surface area contributed by atoms with E-state index in [-0.39, 0.29) is 11.9 Å². The molecule has 0 bridgehead atoms. The van der Waals surface area contributed by atoms with Crippen LogP contribution in [0, 0.1) is 6.92 Å². The number of alkyl halides is 3. The van der Waals surface area contributed by atoms with Gasteiger partial charge in [0, 0.05) is 31.2 Å². The summed E-state index contributed by atoms with van der Waals surface area (Å²) in [6.07, 6.45) is 1.63. The Bertz CT molecular complexity index is 1180. The van der Waals surface area contributed by atoms with E-state index in [0.29, 0.717) is 43.2 Å². The lowest BCUT2D eigenvalue weighted by atomic mass is 10.0. The summed E-state index contributed by atoms with van der Waals surface area (Å²) < 4.78 is 40.2. The Kier molecular flexibility index (Phi) is 5.79. The van der Waals surface area contributed by atoms with E-state index >= 15 is 0 Å². The summed E-state index contributed by atoms with van der Waals surface area (Å²) in [5.41, 5.74) is 2.93. The number of rotatable bonds is 5. The van der Waals surface area contributed by atoms with Gasteiger partial charge in [-0.05, 0) is 56.4 Å². The predicted molar refractivity (Wildman–Crippen MR) is 122 cm³/mol. The second kappa shape index (κ2) is 8.77. The molecule has 0 radical (unpaired) electrons. The standard InChI is InChI=1S/C25H26F3N5O/c1-16-4-2-3-5-21(16)33-23(17-6-7-17)20(15-30-33)24(34)31-19-10-12-32(13-11-19)22-9-8-18(14-29-22)25(26,27)28/h2-5,8-9,14-15,17,19H,6-7,10-13H2,1H3,(H,31,34). The average Bonchev–Trinajstić information content (AvgIpc) is 3.57. The maximum atomic E-state index is 13.2. The van der Waals surface area contributed by atoms with Crippen LogP contribution in [-0.2, 0) is 6.18 Å². The van der Waals surface area contributed by atoms with Crippen molar-refractivity contribution >= 4 is 11.7 Å². The molecule has 1 saturated carbocycles. The van der Waals surface area contributed by atoms with Gasteiger partial charge in [-0.3, -0.25) is 4.79 Å². The Morgan fingerprint density at radius 2 is 1.76 bits per heavy atom. The lowest BCUT2D eigenvalue weighted by molar-refractivity contribution is -0.137. The summed E-state index contributed by atoms with van der Waals surface area (Å²) >= 11 is 0. The van der Waals surface area contributed by atoms with Gasteiger partial charge >= 0.3 is 6.18 Å². The van der Waals surface area contributed by atoms with Crippen molar-refractivity contribution in [1.29, 1.82) is 0 Å². The van der Waals surface area contributed by atoms with Crippen molar-refractivity contribution in [2.24, 2.45) is 0 Å². The topological polar surface area (TPSA) is 63.1 Å². The number of carbonyl (C=O) groups is 1. The van der Waals surface area contributed by atoms with Gasteiger partial charge in [0.15, 0.2) is 0 Å². The Morgan fingerprint density at radius 1 is 1.03 bits per heavy atom. The van der Waals surface area contributed by atoms with Crippen LogP contribution in [0.2, 0.25) is 0 Å². The first-order chi connectivity index (χ1) is 16.3. The van der Waals surface area contributed by atoms with Crippen molar-refractivity contribution in [2.75, 3.05) is 18.0 Å². The summed E-state index contributed by atoms with van der Waals surface area (Å²) in [7, 11) is 0. The molecular weight excluding hydrogens is 443 g/mol. The Morgan fingerprint density at radius 3 is 2.38 bits per heavy atom. The van der Waals surface area contributed by atoms with E-state index in [0.717, 1.165) is 42.0 Å². The SMILES string of the molecule is Cc1ccccc1-n1ncc(C(=O)NC2CCN(c3ccc(C(F)(F)F)cn3)CC2)c1C1CC1. The first kappa shape index (κ1) is 22.4. The van der Waals surface area contributed by atoms with Gasteiger partial charge < -0.3 is 10.2 Å². The van der Waals surface area contributed by atoms with Crippen LogP contribution < -0.4 is 10.2 Å².